The molecule has 9 nitrogen and oxygen atoms in total. The van der Waals surface area contributed by atoms with E-state index in [2.05, 4.69) is 64.2 Å². The van der Waals surface area contributed by atoms with Crippen LogP contribution in [-0.2, 0) is 19.5 Å². The molecule has 9 heteroatoms. The lowest BCUT2D eigenvalue weighted by Gasteiger charge is -2.12. The first kappa shape index (κ1) is 21.0. The van der Waals surface area contributed by atoms with E-state index < -0.39 is 0 Å². The molecule has 4 aromatic rings. The number of fused-ring (bicyclic) bond motifs is 1. The van der Waals surface area contributed by atoms with Crippen LogP contribution in [0.15, 0.2) is 53.3 Å². The Morgan fingerprint density at radius 2 is 1.82 bits per heavy atom. The lowest BCUT2D eigenvalue weighted by Crippen LogP contribution is -2.28. The number of hydrogen-bond donors (Lipinski definition) is 2. The summed E-state index contributed by atoms with van der Waals surface area (Å²) in [7, 11) is 0. The van der Waals surface area contributed by atoms with Gasteiger partial charge < -0.3 is 0 Å². The third-order valence-electron chi connectivity index (χ3n) is 5.95. The number of hydrazine groups is 1. The summed E-state index contributed by atoms with van der Waals surface area (Å²) in [5, 5.41) is 16.4. The van der Waals surface area contributed by atoms with Gasteiger partial charge in [0.2, 0.25) is 11.8 Å². The Morgan fingerprint density at radius 3 is 2.52 bits per heavy atom. The van der Waals surface area contributed by atoms with E-state index in [9.17, 15) is 4.79 Å². The molecule has 0 saturated heterocycles. The number of rotatable bonds is 7. The molecule has 0 fully saturated rings. The summed E-state index contributed by atoms with van der Waals surface area (Å²) in [6, 6.07) is 16.3. The fraction of sp³-hybridized carbons (Fsp3) is 0.292. The van der Waals surface area contributed by atoms with Gasteiger partial charge in [-0.25, -0.2) is 9.99 Å². The molecule has 2 N–H and O–H groups in total. The minimum absolute atomic E-state index is 0.0402. The zero-order chi connectivity index (χ0) is 22.8. The van der Waals surface area contributed by atoms with Crippen molar-refractivity contribution in [2.75, 3.05) is 12.0 Å². The van der Waals surface area contributed by atoms with E-state index in [0.29, 0.717) is 24.9 Å². The summed E-state index contributed by atoms with van der Waals surface area (Å²) >= 11 is 0. The van der Waals surface area contributed by atoms with Gasteiger partial charge in [-0.05, 0) is 28.3 Å². The minimum Gasteiger partial charge on any atom is -0.287 e. The number of H-pyrrole nitrogens is 1. The molecule has 2 aromatic heterocycles. The van der Waals surface area contributed by atoms with Crippen LogP contribution in [0.3, 0.4) is 0 Å². The van der Waals surface area contributed by atoms with Crippen molar-refractivity contribution in [1.29, 1.82) is 0 Å². The number of anilines is 1. The molecule has 0 unspecified atom stereocenters. The Labute approximate surface area is 191 Å². The Kier molecular flexibility index (Phi) is 5.70. The Balaban J connectivity index is 1.46. The predicted octanol–water partition coefficient (Wildman–Crippen LogP) is 3.25. The Morgan fingerprint density at radius 1 is 1.03 bits per heavy atom. The van der Waals surface area contributed by atoms with Gasteiger partial charge in [-0.2, -0.15) is 5.21 Å². The summed E-state index contributed by atoms with van der Waals surface area (Å²) in [5.41, 5.74) is 9.00. The standard InChI is InChI=1S/C24H26N8O/c1-3-7-21-20(23(33)32-15-31(4-2)28-24(32)25-21)14-16-10-12-17(13-11-16)18-8-5-6-9-19(18)22-26-29-30-27-22/h5-6,8-13H,3-4,7,14-15H2,1-2H3,(H,25,28)(H,26,27,29,30). The molecule has 0 atom stereocenters. The number of nitrogens with zero attached hydrogens (tertiary/aromatic N) is 6. The summed E-state index contributed by atoms with van der Waals surface area (Å²) in [4.78, 5) is 18.1. The monoisotopic (exact) mass is 442 g/mol. The van der Waals surface area contributed by atoms with Gasteiger partial charge in [-0.3, -0.25) is 14.8 Å². The third-order valence-corrected chi connectivity index (χ3v) is 5.95. The SMILES string of the molecule is CCCc1nc2n(c(=O)c1Cc1ccc(-c3ccccc3-c3nn[nH]n3)cc1)CN(CC)N2. The van der Waals surface area contributed by atoms with Gasteiger partial charge in [0.05, 0.1) is 12.4 Å². The molecule has 3 heterocycles. The van der Waals surface area contributed by atoms with Gasteiger partial charge in [0.25, 0.3) is 5.56 Å². The maximum atomic E-state index is 13.3. The molecule has 1 aliphatic heterocycles. The van der Waals surface area contributed by atoms with Crippen LogP contribution in [0.2, 0.25) is 0 Å². The fourth-order valence-corrected chi connectivity index (χ4v) is 4.21. The molecule has 0 radical (unpaired) electrons. The van der Waals surface area contributed by atoms with Crippen molar-refractivity contribution in [3.05, 3.63) is 75.7 Å². The number of benzene rings is 2. The number of tetrazole rings is 1. The highest BCUT2D eigenvalue weighted by atomic mass is 16.1. The van der Waals surface area contributed by atoms with Crippen molar-refractivity contribution in [3.63, 3.8) is 0 Å². The molecular formula is C24H26N8O. The molecule has 0 spiro atoms. The van der Waals surface area contributed by atoms with Crippen LogP contribution in [0.1, 0.15) is 37.1 Å². The van der Waals surface area contributed by atoms with E-state index in [1.54, 1.807) is 4.57 Å². The molecule has 2 aromatic carbocycles. The zero-order valence-corrected chi connectivity index (χ0v) is 18.7. The molecule has 168 valence electrons. The maximum Gasteiger partial charge on any atom is 0.259 e. The second kappa shape index (κ2) is 8.95. The predicted molar refractivity (Wildman–Crippen MR) is 126 cm³/mol. The highest BCUT2D eigenvalue weighted by molar-refractivity contribution is 5.80. The number of hydrogen-bond acceptors (Lipinski definition) is 7. The van der Waals surface area contributed by atoms with Crippen LogP contribution in [0.4, 0.5) is 5.95 Å². The van der Waals surface area contributed by atoms with E-state index in [0.717, 1.165) is 52.9 Å². The van der Waals surface area contributed by atoms with Crippen LogP contribution in [0, 0.1) is 0 Å². The van der Waals surface area contributed by atoms with E-state index >= 15 is 0 Å². The van der Waals surface area contributed by atoms with E-state index in [1.807, 2.05) is 29.3 Å². The van der Waals surface area contributed by atoms with Gasteiger partial charge in [-0.15, -0.1) is 10.2 Å². The topological polar surface area (TPSA) is 105 Å². The molecular weight excluding hydrogens is 416 g/mol. The number of aromatic amines is 1. The van der Waals surface area contributed by atoms with E-state index in [4.69, 9.17) is 4.98 Å². The second-order valence-corrected chi connectivity index (χ2v) is 8.11. The molecule has 0 saturated carbocycles. The summed E-state index contributed by atoms with van der Waals surface area (Å²) in [5.74, 6) is 1.20. The summed E-state index contributed by atoms with van der Waals surface area (Å²) in [6.07, 6.45) is 2.27. The second-order valence-electron chi connectivity index (χ2n) is 8.11. The van der Waals surface area contributed by atoms with Crippen molar-refractivity contribution < 1.29 is 0 Å². The minimum atomic E-state index is 0.0402. The van der Waals surface area contributed by atoms with E-state index in [-0.39, 0.29) is 5.56 Å². The van der Waals surface area contributed by atoms with Gasteiger partial charge >= 0.3 is 0 Å². The van der Waals surface area contributed by atoms with Crippen molar-refractivity contribution in [2.24, 2.45) is 0 Å². The highest BCUT2D eigenvalue weighted by Crippen LogP contribution is 2.30. The lowest BCUT2D eigenvalue weighted by molar-refractivity contribution is 0.316. The van der Waals surface area contributed by atoms with Gasteiger partial charge in [-0.1, -0.05) is 68.8 Å². The average Bonchev–Trinajstić information content (AvgIpc) is 3.52. The Hall–Kier alpha value is -3.85. The largest absolute Gasteiger partial charge is 0.287 e. The maximum absolute atomic E-state index is 13.3. The normalized spacial score (nSPS) is 13.2. The van der Waals surface area contributed by atoms with Crippen molar-refractivity contribution >= 4 is 5.95 Å². The van der Waals surface area contributed by atoms with Crippen LogP contribution >= 0.6 is 0 Å². The van der Waals surface area contributed by atoms with Crippen LogP contribution in [0.5, 0.6) is 0 Å². The first-order valence-corrected chi connectivity index (χ1v) is 11.2. The first-order chi connectivity index (χ1) is 16.2. The van der Waals surface area contributed by atoms with Gasteiger partial charge in [0, 0.05) is 24.1 Å². The van der Waals surface area contributed by atoms with Crippen LogP contribution < -0.4 is 11.0 Å². The molecule has 0 bridgehead atoms. The van der Waals surface area contributed by atoms with E-state index in [1.165, 1.54) is 0 Å². The van der Waals surface area contributed by atoms with Crippen molar-refractivity contribution in [3.8, 4) is 22.5 Å². The van der Waals surface area contributed by atoms with Crippen molar-refractivity contribution in [2.45, 2.75) is 39.8 Å². The number of aromatic nitrogens is 6. The van der Waals surface area contributed by atoms with Gasteiger partial charge in [0.1, 0.15) is 0 Å². The number of nitrogens with one attached hydrogen (secondary N) is 2. The average molecular weight is 443 g/mol. The summed E-state index contributed by atoms with van der Waals surface area (Å²) in [6.45, 7) is 5.48. The van der Waals surface area contributed by atoms with Crippen LogP contribution in [-0.4, -0.2) is 41.7 Å². The molecule has 1 aliphatic rings. The third kappa shape index (κ3) is 4.03. The molecule has 0 amide bonds. The number of aryl methyl sites for hydroxylation is 1. The molecule has 0 aliphatic carbocycles. The van der Waals surface area contributed by atoms with Crippen LogP contribution in [0.25, 0.3) is 22.5 Å². The van der Waals surface area contributed by atoms with Crippen molar-refractivity contribution in [1.82, 2.24) is 35.2 Å². The zero-order valence-electron chi connectivity index (χ0n) is 18.7. The first-order valence-electron chi connectivity index (χ1n) is 11.2. The smallest absolute Gasteiger partial charge is 0.259 e. The lowest BCUT2D eigenvalue weighted by atomic mass is 9.96. The highest BCUT2D eigenvalue weighted by Gasteiger charge is 2.23. The Bertz CT molecular complexity index is 1310. The molecule has 33 heavy (non-hydrogen) atoms. The van der Waals surface area contributed by atoms with Gasteiger partial charge in [0.15, 0.2) is 0 Å². The fourth-order valence-electron chi connectivity index (χ4n) is 4.21. The summed E-state index contributed by atoms with van der Waals surface area (Å²) < 4.78 is 1.73. The molecule has 5 rings (SSSR count). The quantitative estimate of drug-likeness (QED) is 0.453.